The van der Waals surface area contributed by atoms with Crippen LogP contribution in [0.15, 0.2) is 74.9 Å². The highest BCUT2D eigenvalue weighted by atomic mass is 79.9. The summed E-state index contributed by atoms with van der Waals surface area (Å²) in [6.07, 6.45) is 7.80. The normalized spacial score (nSPS) is 14.9. The lowest BCUT2D eigenvalue weighted by Crippen LogP contribution is -2.21. The molecule has 10 heteroatoms. The molecular weight excluding hydrogens is 608 g/mol. The van der Waals surface area contributed by atoms with Gasteiger partial charge in [0.1, 0.15) is 5.75 Å². The molecule has 0 unspecified atom stereocenters. The minimum absolute atomic E-state index is 0.136. The summed E-state index contributed by atoms with van der Waals surface area (Å²) in [5.74, 6) is 0.334. The van der Waals surface area contributed by atoms with Gasteiger partial charge < -0.3 is 24.6 Å². The number of thiazole rings is 1. The molecule has 0 spiro atoms. The molecule has 1 aliphatic heterocycles. The molecule has 0 bridgehead atoms. The Bertz CT molecular complexity index is 1640. The van der Waals surface area contributed by atoms with Crippen molar-refractivity contribution in [3.05, 3.63) is 87.4 Å². The molecule has 0 atom stereocenters. The molecule has 2 aromatic carbocycles. The topological polar surface area (TPSA) is 79.6 Å². The fraction of sp³-hybridized carbons (Fsp3) is 0.267. The molecule has 0 amide bonds. The maximum atomic E-state index is 13.6. The van der Waals surface area contributed by atoms with E-state index in [9.17, 15) is 9.90 Å². The zero-order valence-corrected chi connectivity index (χ0v) is 25.4. The Balaban J connectivity index is 1.46. The van der Waals surface area contributed by atoms with Crippen LogP contribution in [0.3, 0.4) is 0 Å². The Morgan fingerprint density at radius 2 is 2.10 bits per heavy atom. The first-order valence-electron chi connectivity index (χ1n) is 13.2. The first kappa shape index (κ1) is 27.0. The van der Waals surface area contributed by atoms with E-state index >= 15 is 0 Å². The van der Waals surface area contributed by atoms with E-state index in [0.717, 1.165) is 50.7 Å². The number of rotatable bonds is 9. The fourth-order valence-electron chi connectivity index (χ4n) is 5.07. The molecule has 2 aliphatic rings. The molecule has 0 radical (unpaired) electrons. The van der Waals surface area contributed by atoms with E-state index in [0.29, 0.717) is 33.9 Å². The molecule has 1 saturated carbocycles. The van der Waals surface area contributed by atoms with Gasteiger partial charge in [-0.15, -0.1) is 11.3 Å². The highest BCUT2D eigenvalue weighted by molar-refractivity contribution is 9.10. The van der Waals surface area contributed by atoms with E-state index in [1.807, 2.05) is 56.7 Å². The number of aromatic hydroxyl groups is 1. The number of thioether (sulfide) groups is 1. The number of nitrogens with zero attached hydrogens (tertiary/aromatic N) is 3. The van der Waals surface area contributed by atoms with Gasteiger partial charge in [0.2, 0.25) is 0 Å². The van der Waals surface area contributed by atoms with Crippen LogP contribution in [0.4, 0.5) is 0 Å². The lowest BCUT2D eigenvalue weighted by molar-refractivity contribution is 0.0527. The van der Waals surface area contributed by atoms with Gasteiger partial charge in [-0.2, -0.15) is 0 Å². The van der Waals surface area contributed by atoms with Crippen molar-refractivity contribution in [2.24, 2.45) is 0 Å². The molecule has 1 aliphatic carbocycles. The number of allylic oxidation sites excluding steroid dienone is 1. The number of hydrogen-bond acceptors (Lipinski definition) is 8. The molecule has 6 rings (SSSR count). The highest BCUT2D eigenvalue weighted by Gasteiger charge is 2.35. The van der Waals surface area contributed by atoms with Crippen molar-refractivity contribution in [3.63, 3.8) is 0 Å². The van der Waals surface area contributed by atoms with Crippen molar-refractivity contribution in [3.8, 4) is 17.0 Å². The van der Waals surface area contributed by atoms with Gasteiger partial charge in [-0.3, -0.25) is 0 Å². The predicted molar refractivity (Wildman–Crippen MR) is 164 cm³/mol. The van der Waals surface area contributed by atoms with Crippen molar-refractivity contribution in [1.82, 2.24) is 19.8 Å². The monoisotopic (exact) mass is 636 g/mol. The summed E-state index contributed by atoms with van der Waals surface area (Å²) in [5, 5.41) is 17.2. The van der Waals surface area contributed by atoms with Crippen molar-refractivity contribution < 1.29 is 14.6 Å². The van der Waals surface area contributed by atoms with Crippen molar-refractivity contribution in [2.75, 3.05) is 6.61 Å². The smallest absolute Gasteiger partial charge is 0.340 e. The number of benzene rings is 2. The summed E-state index contributed by atoms with van der Waals surface area (Å²) in [7, 11) is 0. The van der Waals surface area contributed by atoms with Crippen LogP contribution in [0.1, 0.15) is 54.3 Å². The third-order valence-electron chi connectivity index (χ3n) is 7.12. The third-order valence-corrected chi connectivity index (χ3v) is 9.76. The summed E-state index contributed by atoms with van der Waals surface area (Å²) in [6, 6.07) is 12.4. The van der Waals surface area contributed by atoms with Crippen LogP contribution in [0.5, 0.6) is 5.75 Å². The van der Waals surface area contributed by atoms with Crippen LogP contribution in [-0.2, 0) is 17.0 Å². The number of nitrogens with one attached hydrogen (secondary N) is 1. The maximum Gasteiger partial charge on any atom is 0.340 e. The van der Waals surface area contributed by atoms with Crippen LogP contribution in [-0.4, -0.2) is 32.1 Å². The molecule has 206 valence electrons. The zero-order chi connectivity index (χ0) is 27.8. The Morgan fingerprint density at radius 1 is 1.30 bits per heavy atom. The predicted octanol–water partition coefficient (Wildman–Crippen LogP) is 7.77. The van der Waals surface area contributed by atoms with Gasteiger partial charge in [0, 0.05) is 63.7 Å². The number of halogens is 1. The number of esters is 1. The van der Waals surface area contributed by atoms with Crippen LogP contribution in [0.2, 0.25) is 0 Å². The maximum absolute atomic E-state index is 13.6. The Morgan fingerprint density at radius 3 is 2.83 bits per heavy atom. The SMILES string of the molecule is CCOC(=O)c1c(CSc2nc(-c3ccccc3)cs2)n(C2CC2)c2cc(Br)c(O)c(CN3C=CNC=C3C)c12. The summed E-state index contributed by atoms with van der Waals surface area (Å²) in [6.45, 7) is 4.50. The average molecular weight is 638 g/mol. The van der Waals surface area contributed by atoms with E-state index < -0.39 is 0 Å². The van der Waals surface area contributed by atoms with Crippen molar-refractivity contribution in [1.29, 1.82) is 0 Å². The standard InChI is InChI=1S/C30H29BrN4O3S2/c1-3-38-29(37)27-25(17-40-30-33-23(16-39-30)19-7-5-4-6-8-19)35(20-9-10-20)24-13-22(31)28(36)21(26(24)27)15-34-12-11-32-14-18(34)2/h4-8,11-14,16,20,32,36H,3,9-10,15,17H2,1-2H3. The third kappa shape index (κ3) is 5.15. The van der Waals surface area contributed by atoms with Crippen LogP contribution in [0, 0.1) is 0 Å². The summed E-state index contributed by atoms with van der Waals surface area (Å²) < 4.78 is 9.47. The van der Waals surface area contributed by atoms with Gasteiger partial charge >= 0.3 is 5.97 Å². The van der Waals surface area contributed by atoms with Gasteiger partial charge in [0.15, 0.2) is 4.34 Å². The van der Waals surface area contributed by atoms with Gasteiger partial charge in [-0.05, 0) is 48.7 Å². The molecule has 2 aromatic heterocycles. The van der Waals surface area contributed by atoms with E-state index in [4.69, 9.17) is 9.72 Å². The minimum Gasteiger partial charge on any atom is -0.506 e. The number of hydrogen-bond donors (Lipinski definition) is 2. The number of phenols is 1. The molecule has 3 heterocycles. The molecule has 7 nitrogen and oxygen atoms in total. The number of fused-ring (bicyclic) bond motifs is 1. The highest BCUT2D eigenvalue weighted by Crippen LogP contribution is 2.47. The summed E-state index contributed by atoms with van der Waals surface area (Å²) in [5.41, 5.74) is 6.12. The van der Waals surface area contributed by atoms with Crippen molar-refractivity contribution in [2.45, 2.75) is 49.4 Å². The fourth-order valence-corrected chi connectivity index (χ4v) is 7.38. The largest absolute Gasteiger partial charge is 0.506 e. The minimum atomic E-state index is -0.363. The molecule has 40 heavy (non-hydrogen) atoms. The van der Waals surface area contributed by atoms with Crippen LogP contribution in [0.25, 0.3) is 22.2 Å². The van der Waals surface area contributed by atoms with E-state index in [2.05, 4.69) is 48.2 Å². The molecule has 1 fully saturated rings. The number of ether oxygens (including phenoxy) is 1. The summed E-state index contributed by atoms with van der Waals surface area (Å²) >= 11 is 6.83. The summed E-state index contributed by atoms with van der Waals surface area (Å²) in [4.78, 5) is 20.6. The first-order chi connectivity index (χ1) is 19.5. The first-order valence-corrected chi connectivity index (χ1v) is 15.9. The van der Waals surface area contributed by atoms with Gasteiger partial charge in [0.25, 0.3) is 0 Å². The Hall–Kier alpha value is -3.21. The van der Waals surface area contributed by atoms with E-state index in [-0.39, 0.29) is 18.3 Å². The molecular formula is C30H29BrN4O3S2. The number of phenolic OH excluding ortho intramolecular Hbond substituents is 1. The quantitative estimate of drug-likeness (QED) is 0.143. The number of carbonyl (C=O) groups is 1. The van der Waals surface area contributed by atoms with Crippen molar-refractivity contribution >= 4 is 55.9 Å². The average Bonchev–Trinajstić information content (AvgIpc) is 3.59. The molecule has 4 aromatic rings. The van der Waals surface area contributed by atoms with Gasteiger partial charge in [-0.1, -0.05) is 42.1 Å². The second-order valence-electron chi connectivity index (χ2n) is 9.77. The second-order valence-corrected chi connectivity index (χ2v) is 12.7. The lowest BCUT2D eigenvalue weighted by atomic mass is 10.0. The number of carbonyl (C=O) groups excluding carboxylic acids is 1. The van der Waals surface area contributed by atoms with Crippen LogP contribution < -0.4 is 5.32 Å². The van der Waals surface area contributed by atoms with E-state index in [1.54, 1.807) is 23.1 Å². The lowest BCUT2D eigenvalue weighted by Gasteiger charge is -2.25. The van der Waals surface area contributed by atoms with Gasteiger partial charge in [0.05, 0.1) is 34.4 Å². The van der Waals surface area contributed by atoms with E-state index in [1.165, 1.54) is 0 Å². The molecule has 2 N–H and O–H groups in total. The second kappa shape index (κ2) is 11.3. The molecule has 0 saturated heterocycles. The van der Waals surface area contributed by atoms with Crippen LogP contribution >= 0.6 is 39.0 Å². The Labute approximate surface area is 249 Å². The van der Waals surface area contributed by atoms with Gasteiger partial charge in [-0.25, -0.2) is 9.78 Å². The Kier molecular flexibility index (Phi) is 7.65. The zero-order valence-electron chi connectivity index (χ0n) is 22.2. The number of aromatic nitrogens is 2.